The Balaban J connectivity index is 2.55. The maximum absolute atomic E-state index is 12.1. The fourth-order valence-corrected chi connectivity index (χ4v) is 3.77. The van der Waals surface area contributed by atoms with Crippen LogP contribution in [-0.2, 0) is 10.0 Å². The molecule has 0 aliphatic carbocycles. The molecule has 1 aliphatic heterocycles. The predicted molar refractivity (Wildman–Crippen MR) is 66.8 cm³/mol. The van der Waals surface area contributed by atoms with Crippen LogP contribution >= 0.6 is 0 Å². The summed E-state index contributed by atoms with van der Waals surface area (Å²) in [5, 5.41) is 3.20. The zero-order valence-corrected chi connectivity index (χ0v) is 11.6. The lowest BCUT2D eigenvalue weighted by atomic mass is 9.97. The number of rotatable bonds is 4. The van der Waals surface area contributed by atoms with E-state index in [1.165, 1.54) is 4.31 Å². The first-order valence-corrected chi connectivity index (χ1v) is 7.46. The number of hydrogen-bond donors (Lipinski definition) is 1. The van der Waals surface area contributed by atoms with Crippen LogP contribution in [0.5, 0.6) is 0 Å². The molecular weight excluding hydrogens is 224 g/mol. The third-order valence-electron chi connectivity index (χ3n) is 2.78. The number of nitrogens with one attached hydrogen (secondary N) is 1. The zero-order valence-electron chi connectivity index (χ0n) is 10.8. The van der Waals surface area contributed by atoms with Gasteiger partial charge in [-0.15, -0.1) is 0 Å². The summed E-state index contributed by atoms with van der Waals surface area (Å²) < 4.78 is 25.6. The van der Waals surface area contributed by atoms with Gasteiger partial charge in [-0.2, -0.15) is 0 Å². The molecule has 1 heterocycles. The fourth-order valence-electron chi connectivity index (χ4n) is 2.05. The Hall–Kier alpha value is -0.130. The highest BCUT2D eigenvalue weighted by atomic mass is 32.2. The summed E-state index contributed by atoms with van der Waals surface area (Å²) in [6.07, 6.45) is 0.975. The molecule has 4 nitrogen and oxygen atoms in total. The smallest absolute Gasteiger partial charge is 0.214 e. The molecule has 0 aromatic heterocycles. The SMILES string of the molecule is CN(CC(C)(C)C)S(=O)(=O)CC1CCNC1. The zero-order chi connectivity index (χ0) is 12.4. The second kappa shape index (κ2) is 5.02. The molecule has 1 fully saturated rings. The summed E-state index contributed by atoms with van der Waals surface area (Å²) in [4.78, 5) is 0. The van der Waals surface area contributed by atoms with Gasteiger partial charge in [0.15, 0.2) is 0 Å². The quantitative estimate of drug-likeness (QED) is 0.804. The average molecular weight is 248 g/mol. The van der Waals surface area contributed by atoms with Gasteiger partial charge in [-0.05, 0) is 30.8 Å². The van der Waals surface area contributed by atoms with Crippen molar-refractivity contribution in [2.45, 2.75) is 27.2 Å². The number of hydrogen-bond acceptors (Lipinski definition) is 3. The highest BCUT2D eigenvalue weighted by Crippen LogP contribution is 2.18. The largest absolute Gasteiger partial charge is 0.316 e. The van der Waals surface area contributed by atoms with E-state index < -0.39 is 10.0 Å². The van der Waals surface area contributed by atoms with Crippen LogP contribution in [0.25, 0.3) is 0 Å². The lowest BCUT2D eigenvalue weighted by Crippen LogP contribution is -2.37. The Kier molecular flexibility index (Phi) is 4.37. The third kappa shape index (κ3) is 4.39. The van der Waals surface area contributed by atoms with E-state index >= 15 is 0 Å². The van der Waals surface area contributed by atoms with Crippen LogP contribution in [0.1, 0.15) is 27.2 Å². The molecule has 5 heteroatoms. The van der Waals surface area contributed by atoms with Crippen molar-refractivity contribution in [2.24, 2.45) is 11.3 Å². The van der Waals surface area contributed by atoms with Crippen LogP contribution in [0, 0.1) is 11.3 Å². The first-order chi connectivity index (χ1) is 7.21. The van der Waals surface area contributed by atoms with Gasteiger partial charge in [-0.25, -0.2) is 12.7 Å². The maximum atomic E-state index is 12.1. The molecule has 96 valence electrons. The van der Waals surface area contributed by atoms with Gasteiger partial charge in [0.2, 0.25) is 10.0 Å². The lowest BCUT2D eigenvalue weighted by molar-refractivity contribution is 0.309. The molecule has 0 amide bonds. The van der Waals surface area contributed by atoms with E-state index in [2.05, 4.69) is 26.1 Å². The van der Waals surface area contributed by atoms with Crippen LogP contribution in [0.4, 0.5) is 0 Å². The Morgan fingerprint density at radius 3 is 2.44 bits per heavy atom. The van der Waals surface area contributed by atoms with Crippen LogP contribution in [0.2, 0.25) is 0 Å². The molecule has 0 aromatic carbocycles. The second-order valence-electron chi connectivity index (χ2n) is 5.95. The number of nitrogens with zero attached hydrogens (tertiary/aromatic N) is 1. The molecule has 16 heavy (non-hydrogen) atoms. The minimum atomic E-state index is -3.08. The fraction of sp³-hybridized carbons (Fsp3) is 1.00. The van der Waals surface area contributed by atoms with Crippen molar-refractivity contribution >= 4 is 10.0 Å². The molecule has 0 aromatic rings. The maximum Gasteiger partial charge on any atom is 0.214 e. The molecule has 1 N–H and O–H groups in total. The highest BCUT2D eigenvalue weighted by Gasteiger charge is 2.27. The van der Waals surface area contributed by atoms with Gasteiger partial charge in [0, 0.05) is 13.6 Å². The summed E-state index contributed by atoms with van der Waals surface area (Å²) in [7, 11) is -1.40. The van der Waals surface area contributed by atoms with Crippen molar-refractivity contribution in [3.8, 4) is 0 Å². The first-order valence-electron chi connectivity index (χ1n) is 5.85. The first kappa shape index (κ1) is 13.9. The predicted octanol–water partition coefficient (Wildman–Crippen LogP) is 0.904. The summed E-state index contributed by atoms with van der Waals surface area (Å²) in [5.41, 5.74) is 0.00967. The molecule has 1 atom stereocenters. The van der Waals surface area contributed by atoms with Gasteiger partial charge >= 0.3 is 0 Å². The molecular formula is C11H24N2O2S. The summed E-state index contributed by atoms with van der Waals surface area (Å²) in [6, 6.07) is 0. The number of sulfonamides is 1. The normalized spacial score (nSPS) is 22.9. The minimum absolute atomic E-state index is 0.00967. The van der Waals surface area contributed by atoms with Crippen molar-refractivity contribution in [1.29, 1.82) is 0 Å². The Morgan fingerprint density at radius 1 is 1.38 bits per heavy atom. The molecule has 0 saturated carbocycles. The van der Waals surface area contributed by atoms with Gasteiger partial charge < -0.3 is 5.32 Å². The molecule has 0 bridgehead atoms. The van der Waals surface area contributed by atoms with Crippen LogP contribution in [0.15, 0.2) is 0 Å². The molecule has 1 rings (SSSR count). The van der Waals surface area contributed by atoms with Gasteiger partial charge in [0.05, 0.1) is 5.75 Å². The van der Waals surface area contributed by atoms with E-state index in [4.69, 9.17) is 0 Å². The topological polar surface area (TPSA) is 49.4 Å². The Bertz CT molecular complexity index is 313. The standard InChI is InChI=1S/C11H24N2O2S/c1-11(2,3)9-13(4)16(14,15)8-10-5-6-12-7-10/h10,12H,5-9H2,1-4H3. The molecule has 0 spiro atoms. The monoisotopic (exact) mass is 248 g/mol. The third-order valence-corrected chi connectivity index (χ3v) is 4.75. The second-order valence-corrected chi connectivity index (χ2v) is 8.07. The van der Waals surface area contributed by atoms with E-state index in [1.807, 2.05) is 0 Å². The van der Waals surface area contributed by atoms with Crippen molar-refractivity contribution in [3.63, 3.8) is 0 Å². The van der Waals surface area contributed by atoms with E-state index in [0.717, 1.165) is 19.5 Å². The van der Waals surface area contributed by atoms with Crippen LogP contribution < -0.4 is 5.32 Å². The van der Waals surface area contributed by atoms with Gasteiger partial charge in [-0.3, -0.25) is 0 Å². The van der Waals surface area contributed by atoms with E-state index in [1.54, 1.807) is 7.05 Å². The van der Waals surface area contributed by atoms with E-state index in [0.29, 0.717) is 6.54 Å². The summed E-state index contributed by atoms with van der Waals surface area (Å²) in [5.74, 6) is 0.569. The molecule has 0 radical (unpaired) electrons. The van der Waals surface area contributed by atoms with Crippen molar-refractivity contribution in [1.82, 2.24) is 9.62 Å². The van der Waals surface area contributed by atoms with Crippen LogP contribution in [-0.4, -0.2) is 45.2 Å². The molecule has 1 saturated heterocycles. The van der Waals surface area contributed by atoms with Gasteiger partial charge in [0.1, 0.15) is 0 Å². The highest BCUT2D eigenvalue weighted by molar-refractivity contribution is 7.89. The van der Waals surface area contributed by atoms with Crippen molar-refractivity contribution in [2.75, 3.05) is 32.4 Å². The van der Waals surface area contributed by atoms with E-state index in [-0.39, 0.29) is 17.1 Å². The lowest BCUT2D eigenvalue weighted by Gasteiger charge is -2.26. The Morgan fingerprint density at radius 2 is 2.00 bits per heavy atom. The Labute approximate surface area is 99.5 Å². The summed E-state index contributed by atoms with van der Waals surface area (Å²) >= 11 is 0. The van der Waals surface area contributed by atoms with E-state index in [9.17, 15) is 8.42 Å². The average Bonchev–Trinajstić information content (AvgIpc) is 2.52. The summed E-state index contributed by atoms with van der Waals surface area (Å²) in [6.45, 7) is 8.52. The molecule has 1 aliphatic rings. The van der Waals surface area contributed by atoms with Gasteiger partial charge in [0.25, 0.3) is 0 Å². The van der Waals surface area contributed by atoms with Crippen LogP contribution in [0.3, 0.4) is 0 Å². The van der Waals surface area contributed by atoms with Gasteiger partial charge in [-0.1, -0.05) is 20.8 Å². The van der Waals surface area contributed by atoms with Crippen molar-refractivity contribution in [3.05, 3.63) is 0 Å². The molecule has 1 unspecified atom stereocenters. The minimum Gasteiger partial charge on any atom is -0.316 e. The van der Waals surface area contributed by atoms with Crippen molar-refractivity contribution < 1.29 is 8.42 Å².